The quantitative estimate of drug-likeness (QED) is 0.845. The van der Waals surface area contributed by atoms with Crippen molar-refractivity contribution < 1.29 is 13.2 Å². The Bertz CT molecular complexity index is 528. The van der Waals surface area contributed by atoms with E-state index < -0.39 is 9.84 Å². The fourth-order valence-corrected chi connectivity index (χ4v) is 3.42. The SMILES string of the molecule is NC[C@@H](C(=O)N1CCS(=O)(=O)CC1)c1ccccc1. The van der Waals surface area contributed by atoms with E-state index in [1.807, 2.05) is 30.3 Å². The molecule has 6 heteroatoms. The van der Waals surface area contributed by atoms with Crippen molar-refractivity contribution in [3.05, 3.63) is 35.9 Å². The van der Waals surface area contributed by atoms with Crippen LogP contribution in [0.15, 0.2) is 30.3 Å². The Kier molecular flexibility index (Phi) is 4.21. The molecule has 19 heavy (non-hydrogen) atoms. The van der Waals surface area contributed by atoms with Crippen LogP contribution in [0.1, 0.15) is 11.5 Å². The molecule has 0 bridgehead atoms. The van der Waals surface area contributed by atoms with Crippen molar-refractivity contribution in [3.8, 4) is 0 Å². The van der Waals surface area contributed by atoms with Gasteiger partial charge in [-0.25, -0.2) is 8.42 Å². The standard InChI is InChI=1S/C13H18N2O3S/c14-10-12(11-4-2-1-3-5-11)13(16)15-6-8-19(17,18)9-7-15/h1-5,12H,6-10,14H2/t12-/m1/s1. The topological polar surface area (TPSA) is 80.5 Å². The molecule has 1 aromatic rings. The van der Waals surface area contributed by atoms with Gasteiger partial charge in [-0.1, -0.05) is 30.3 Å². The summed E-state index contributed by atoms with van der Waals surface area (Å²) < 4.78 is 22.7. The Morgan fingerprint density at radius 2 is 1.79 bits per heavy atom. The van der Waals surface area contributed by atoms with Crippen LogP contribution < -0.4 is 5.73 Å². The van der Waals surface area contributed by atoms with Crippen LogP contribution in [0.5, 0.6) is 0 Å². The van der Waals surface area contributed by atoms with Crippen LogP contribution in [0.3, 0.4) is 0 Å². The van der Waals surface area contributed by atoms with Gasteiger partial charge < -0.3 is 10.6 Å². The summed E-state index contributed by atoms with van der Waals surface area (Å²) in [6.45, 7) is 0.765. The molecule has 1 aliphatic heterocycles. The maximum Gasteiger partial charge on any atom is 0.231 e. The maximum absolute atomic E-state index is 12.4. The maximum atomic E-state index is 12.4. The van der Waals surface area contributed by atoms with E-state index in [9.17, 15) is 13.2 Å². The van der Waals surface area contributed by atoms with Gasteiger partial charge in [0.05, 0.1) is 17.4 Å². The lowest BCUT2D eigenvalue weighted by Crippen LogP contribution is -2.46. The van der Waals surface area contributed by atoms with Crippen molar-refractivity contribution in [1.29, 1.82) is 0 Å². The largest absolute Gasteiger partial charge is 0.340 e. The van der Waals surface area contributed by atoms with E-state index in [1.165, 1.54) is 0 Å². The summed E-state index contributed by atoms with van der Waals surface area (Å²) in [6.07, 6.45) is 0. The highest BCUT2D eigenvalue weighted by Crippen LogP contribution is 2.18. The van der Waals surface area contributed by atoms with Crippen molar-refractivity contribution in [1.82, 2.24) is 4.90 Å². The molecule has 1 fully saturated rings. The third kappa shape index (κ3) is 3.33. The zero-order chi connectivity index (χ0) is 13.9. The van der Waals surface area contributed by atoms with Gasteiger partial charge in [-0.3, -0.25) is 4.79 Å². The molecule has 104 valence electrons. The molecule has 1 heterocycles. The minimum absolute atomic E-state index is 0.0464. The van der Waals surface area contributed by atoms with Gasteiger partial charge in [-0.2, -0.15) is 0 Å². The summed E-state index contributed by atoms with van der Waals surface area (Å²) in [4.78, 5) is 14.0. The van der Waals surface area contributed by atoms with E-state index in [1.54, 1.807) is 4.90 Å². The number of carbonyl (C=O) groups is 1. The van der Waals surface area contributed by atoms with Crippen molar-refractivity contribution in [3.63, 3.8) is 0 Å². The van der Waals surface area contributed by atoms with Crippen LogP contribution in [0, 0.1) is 0 Å². The van der Waals surface area contributed by atoms with E-state index in [0.717, 1.165) is 5.56 Å². The average molecular weight is 282 g/mol. The molecule has 1 saturated heterocycles. The zero-order valence-corrected chi connectivity index (χ0v) is 11.5. The number of carbonyl (C=O) groups excluding carboxylic acids is 1. The van der Waals surface area contributed by atoms with E-state index in [0.29, 0.717) is 0 Å². The Hall–Kier alpha value is -1.40. The van der Waals surface area contributed by atoms with Crippen molar-refractivity contribution in [2.75, 3.05) is 31.1 Å². The Labute approximate surface area is 113 Å². The van der Waals surface area contributed by atoms with Crippen molar-refractivity contribution in [2.45, 2.75) is 5.92 Å². The number of hydrogen-bond donors (Lipinski definition) is 1. The molecular weight excluding hydrogens is 264 g/mol. The first-order valence-electron chi connectivity index (χ1n) is 6.28. The normalized spacial score (nSPS) is 19.9. The Morgan fingerprint density at radius 1 is 1.21 bits per heavy atom. The zero-order valence-electron chi connectivity index (χ0n) is 10.7. The Morgan fingerprint density at radius 3 is 2.32 bits per heavy atom. The first-order valence-corrected chi connectivity index (χ1v) is 8.10. The molecule has 0 spiro atoms. The third-order valence-electron chi connectivity index (χ3n) is 3.39. The second-order valence-electron chi connectivity index (χ2n) is 4.68. The van der Waals surface area contributed by atoms with Crippen LogP contribution in [-0.2, 0) is 14.6 Å². The second kappa shape index (κ2) is 5.71. The molecule has 1 aliphatic rings. The number of nitrogens with zero attached hydrogens (tertiary/aromatic N) is 1. The molecule has 0 radical (unpaired) electrons. The predicted octanol–water partition coefficient (Wildman–Crippen LogP) is -0.0141. The first kappa shape index (κ1) is 14.0. The molecule has 2 N–H and O–H groups in total. The molecule has 0 aromatic heterocycles. The highest BCUT2D eigenvalue weighted by molar-refractivity contribution is 7.91. The number of hydrogen-bond acceptors (Lipinski definition) is 4. The van der Waals surface area contributed by atoms with E-state index >= 15 is 0 Å². The number of amides is 1. The smallest absolute Gasteiger partial charge is 0.231 e. The second-order valence-corrected chi connectivity index (χ2v) is 6.98. The van der Waals surface area contributed by atoms with Gasteiger partial charge in [0.1, 0.15) is 0 Å². The summed E-state index contributed by atoms with van der Waals surface area (Å²) in [5, 5.41) is 0. The van der Waals surface area contributed by atoms with Gasteiger partial charge in [0.25, 0.3) is 0 Å². The van der Waals surface area contributed by atoms with Gasteiger partial charge in [-0.15, -0.1) is 0 Å². The number of benzene rings is 1. The van der Waals surface area contributed by atoms with Crippen molar-refractivity contribution >= 4 is 15.7 Å². The molecular formula is C13H18N2O3S. The predicted molar refractivity (Wildman–Crippen MR) is 73.5 cm³/mol. The van der Waals surface area contributed by atoms with Crippen molar-refractivity contribution in [2.24, 2.45) is 5.73 Å². The molecule has 0 unspecified atom stereocenters. The van der Waals surface area contributed by atoms with Crippen LogP contribution in [0.2, 0.25) is 0 Å². The third-order valence-corrected chi connectivity index (χ3v) is 5.00. The lowest BCUT2D eigenvalue weighted by Gasteiger charge is -2.30. The monoisotopic (exact) mass is 282 g/mol. The molecule has 1 aromatic carbocycles. The van der Waals surface area contributed by atoms with E-state index in [-0.39, 0.29) is 43.0 Å². The summed E-state index contributed by atoms with van der Waals surface area (Å²) in [5.41, 5.74) is 6.58. The summed E-state index contributed by atoms with van der Waals surface area (Å²) in [7, 11) is -2.97. The summed E-state index contributed by atoms with van der Waals surface area (Å²) >= 11 is 0. The molecule has 2 rings (SSSR count). The molecule has 1 amide bonds. The van der Waals surface area contributed by atoms with Gasteiger partial charge in [0.2, 0.25) is 5.91 Å². The number of rotatable bonds is 3. The highest BCUT2D eigenvalue weighted by Gasteiger charge is 2.29. The van der Waals surface area contributed by atoms with Crippen LogP contribution >= 0.6 is 0 Å². The minimum atomic E-state index is -2.97. The summed E-state index contributed by atoms with van der Waals surface area (Å²) in [5.74, 6) is -0.374. The highest BCUT2D eigenvalue weighted by atomic mass is 32.2. The van der Waals surface area contributed by atoms with Crippen LogP contribution in [0.25, 0.3) is 0 Å². The molecule has 0 saturated carbocycles. The number of sulfone groups is 1. The average Bonchev–Trinajstić information content (AvgIpc) is 2.40. The van der Waals surface area contributed by atoms with Gasteiger partial charge in [-0.05, 0) is 5.56 Å². The van der Waals surface area contributed by atoms with E-state index in [2.05, 4.69) is 0 Å². The fourth-order valence-electron chi connectivity index (χ4n) is 2.22. The van der Waals surface area contributed by atoms with Gasteiger partial charge >= 0.3 is 0 Å². The van der Waals surface area contributed by atoms with Crippen LogP contribution in [0.4, 0.5) is 0 Å². The van der Waals surface area contributed by atoms with E-state index in [4.69, 9.17) is 5.73 Å². The Balaban J connectivity index is 2.10. The van der Waals surface area contributed by atoms with Crippen LogP contribution in [-0.4, -0.2) is 50.4 Å². The lowest BCUT2D eigenvalue weighted by atomic mass is 9.98. The molecule has 1 atom stereocenters. The minimum Gasteiger partial charge on any atom is -0.340 e. The van der Waals surface area contributed by atoms with Gasteiger partial charge in [0.15, 0.2) is 9.84 Å². The molecule has 0 aliphatic carbocycles. The fraction of sp³-hybridized carbons (Fsp3) is 0.462. The lowest BCUT2D eigenvalue weighted by molar-refractivity contribution is -0.132. The molecule has 5 nitrogen and oxygen atoms in total. The first-order chi connectivity index (χ1) is 9.03. The van der Waals surface area contributed by atoms with Gasteiger partial charge in [0, 0.05) is 19.6 Å². The summed E-state index contributed by atoms with van der Waals surface area (Å²) in [6, 6.07) is 9.36. The number of nitrogens with two attached hydrogens (primary N) is 1.